The van der Waals surface area contributed by atoms with Gasteiger partial charge in [-0.25, -0.2) is 9.78 Å². The maximum Gasteiger partial charge on any atom is 0.340 e. The van der Waals surface area contributed by atoms with E-state index < -0.39 is 34.9 Å². The Bertz CT molecular complexity index is 1490. The van der Waals surface area contributed by atoms with Crippen LogP contribution in [0, 0.1) is 10.1 Å². The molecule has 2 unspecified atom stereocenters. The van der Waals surface area contributed by atoms with Crippen molar-refractivity contribution in [3.05, 3.63) is 67.0 Å². The van der Waals surface area contributed by atoms with Gasteiger partial charge in [0.1, 0.15) is 30.7 Å². The molecular formula is C24H22N4O8. The minimum atomic E-state index is -1.94. The molecule has 12 nitrogen and oxygen atoms in total. The average molecular weight is 494 g/mol. The van der Waals surface area contributed by atoms with Gasteiger partial charge < -0.3 is 19.4 Å². The van der Waals surface area contributed by atoms with Crippen molar-refractivity contribution in [3.63, 3.8) is 0 Å². The number of para-hydroxylation sites is 1. The Hall–Kier alpha value is -4.16. The smallest absolute Gasteiger partial charge is 0.340 e. The van der Waals surface area contributed by atoms with E-state index >= 15 is 0 Å². The summed E-state index contributed by atoms with van der Waals surface area (Å²) >= 11 is 0. The van der Waals surface area contributed by atoms with Crippen molar-refractivity contribution in [3.8, 4) is 11.4 Å². The van der Waals surface area contributed by atoms with E-state index in [0.717, 1.165) is 5.39 Å². The molecule has 0 amide bonds. The van der Waals surface area contributed by atoms with Crippen molar-refractivity contribution in [1.29, 1.82) is 0 Å². The summed E-state index contributed by atoms with van der Waals surface area (Å²) in [5.74, 6) is -1.05. The van der Waals surface area contributed by atoms with Crippen molar-refractivity contribution in [2.24, 2.45) is 5.16 Å². The minimum absolute atomic E-state index is 0.00736. The Kier molecular flexibility index (Phi) is 5.98. The molecule has 5 heterocycles. The number of rotatable bonds is 5. The maximum atomic E-state index is 13.3. The van der Waals surface area contributed by atoms with Gasteiger partial charge in [-0.3, -0.25) is 19.5 Å². The Morgan fingerprint density at radius 2 is 2.06 bits per heavy atom. The maximum absolute atomic E-state index is 13.3. The number of aromatic nitrogens is 2. The van der Waals surface area contributed by atoms with Crippen molar-refractivity contribution < 1.29 is 29.1 Å². The molecule has 1 fully saturated rings. The predicted molar refractivity (Wildman–Crippen MR) is 127 cm³/mol. The van der Waals surface area contributed by atoms with Crippen molar-refractivity contribution in [2.75, 3.05) is 13.2 Å². The fourth-order valence-electron chi connectivity index (χ4n) is 4.45. The zero-order chi connectivity index (χ0) is 25.6. The van der Waals surface area contributed by atoms with E-state index in [2.05, 4.69) is 10.1 Å². The van der Waals surface area contributed by atoms with Crippen LogP contribution in [0.25, 0.3) is 22.3 Å². The van der Waals surface area contributed by atoms with Gasteiger partial charge in [-0.05, 0) is 6.07 Å². The van der Waals surface area contributed by atoms with Gasteiger partial charge in [0.2, 0.25) is 0 Å². The summed E-state index contributed by atoms with van der Waals surface area (Å²) in [5, 5.41) is 27.3. The van der Waals surface area contributed by atoms with Crippen LogP contribution in [0.2, 0.25) is 0 Å². The second-order valence-corrected chi connectivity index (χ2v) is 8.10. The third-order valence-corrected chi connectivity index (χ3v) is 6.11. The number of nitrogens with zero attached hydrogens (tertiary/aromatic N) is 4. The van der Waals surface area contributed by atoms with Crippen LogP contribution in [0.5, 0.6) is 0 Å². The average Bonchev–Trinajstić information content (AvgIpc) is 3.64. The highest BCUT2D eigenvalue weighted by Gasteiger charge is 2.43. The lowest BCUT2D eigenvalue weighted by Crippen LogP contribution is -2.33. The number of pyridine rings is 2. The van der Waals surface area contributed by atoms with Gasteiger partial charge in [0.25, 0.3) is 5.56 Å². The number of fused-ring (bicyclic) bond motifs is 5. The number of carbonyl (C=O) groups excluding carboxylic acids is 1. The Morgan fingerprint density at radius 1 is 1.31 bits per heavy atom. The largest absolute Gasteiger partial charge is 0.458 e. The number of oxime groups is 1. The van der Waals surface area contributed by atoms with Crippen molar-refractivity contribution in [2.45, 2.75) is 39.2 Å². The molecule has 6 rings (SSSR count). The molecule has 0 bridgehead atoms. The highest BCUT2D eigenvalue weighted by molar-refractivity contribution is 6.03. The zero-order valence-electron chi connectivity index (χ0n) is 19.5. The lowest BCUT2D eigenvalue weighted by molar-refractivity contribution is -0.385. The second kappa shape index (κ2) is 9.13. The Labute approximate surface area is 203 Å². The van der Waals surface area contributed by atoms with E-state index in [0.29, 0.717) is 29.9 Å². The summed E-state index contributed by atoms with van der Waals surface area (Å²) in [6, 6.07) is 7.16. The molecule has 0 aliphatic carbocycles. The highest BCUT2D eigenvalue weighted by atomic mass is 16.7. The van der Waals surface area contributed by atoms with E-state index in [-0.39, 0.29) is 35.2 Å². The summed E-state index contributed by atoms with van der Waals surface area (Å²) in [7, 11) is 0. The number of nitro groups is 1. The molecule has 12 heteroatoms. The Morgan fingerprint density at radius 3 is 2.78 bits per heavy atom. The third-order valence-electron chi connectivity index (χ3n) is 6.11. The first-order valence-electron chi connectivity index (χ1n) is 11.4. The standard InChI is InChI=1S/C22H16N4O8.C2H6/c27-20-16-14(9-33-22(20)29)21(28)25-6-13-12(5-23-34-8-10-7-32-10)11-3-1-2-4-15(11)24-17(13)19(25)18(16)26(30)31;1-2/h1-5,10,20,27H,6-9H2;1-2H3/b23-5+;. The topological polar surface area (TPSA) is 159 Å². The van der Waals surface area contributed by atoms with Gasteiger partial charge in [-0.2, -0.15) is 0 Å². The van der Waals surface area contributed by atoms with E-state index in [4.69, 9.17) is 14.3 Å². The van der Waals surface area contributed by atoms with Crippen LogP contribution in [-0.2, 0) is 32.3 Å². The molecule has 186 valence electrons. The van der Waals surface area contributed by atoms with Crippen LogP contribution in [0.3, 0.4) is 0 Å². The fraction of sp³-hybridized carbons (Fsp3) is 0.333. The van der Waals surface area contributed by atoms with Crippen molar-refractivity contribution >= 4 is 28.8 Å². The van der Waals surface area contributed by atoms with E-state index in [9.17, 15) is 24.8 Å². The molecule has 0 radical (unpaired) electrons. The first-order valence-corrected chi connectivity index (χ1v) is 11.4. The van der Waals surface area contributed by atoms with E-state index in [1.807, 2.05) is 26.0 Å². The van der Waals surface area contributed by atoms with Crippen LogP contribution >= 0.6 is 0 Å². The Balaban J connectivity index is 0.00000130. The molecular weight excluding hydrogens is 472 g/mol. The number of esters is 1. The summed E-state index contributed by atoms with van der Waals surface area (Å²) in [4.78, 5) is 46.6. The number of hydrogen-bond acceptors (Lipinski definition) is 10. The third kappa shape index (κ3) is 3.71. The van der Waals surface area contributed by atoms with E-state index in [1.165, 1.54) is 10.8 Å². The predicted octanol–water partition coefficient (Wildman–Crippen LogP) is 2.20. The number of cyclic esters (lactones) is 1. The molecule has 3 aliphatic rings. The summed E-state index contributed by atoms with van der Waals surface area (Å²) < 4.78 is 11.2. The first-order chi connectivity index (χ1) is 17.5. The van der Waals surface area contributed by atoms with Gasteiger partial charge in [0.05, 0.1) is 40.9 Å². The minimum Gasteiger partial charge on any atom is -0.458 e. The van der Waals surface area contributed by atoms with Gasteiger partial charge in [0.15, 0.2) is 6.10 Å². The molecule has 1 saturated heterocycles. The van der Waals surface area contributed by atoms with Gasteiger partial charge >= 0.3 is 11.7 Å². The number of aliphatic hydroxyl groups is 1. The van der Waals surface area contributed by atoms with Gasteiger partial charge in [0, 0.05) is 16.5 Å². The van der Waals surface area contributed by atoms with Gasteiger partial charge in [-0.1, -0.05) is 37.2 Å². The second-order valence-electron chi connectivity index (χ2n) is 8.10. The van der Waals surface area contributed by atoms with Crippen LogP contribution < -0.4 is 5.56 Å². The molecule has 0 spiro atoms. The normalized spacial score (nSPS) is 19.1. The number of aliphatic hydroxyl groups excluding tert-OH is 1. The van der Waals surface area contributed by atoms with Crippen LogP contribution in [0.1, 0.15) is 42.2 Å². The zero-order valence-corrected chi connectivity index (χ0v) is 19.5. The van der Waals surface area contributed by atoms with E-state index in [1.54, 1.807) is 12.1 Å². The number of benzene rings is 1. The summed E-state index contributed by atoms with van der Waals surface area (Å²) in [6.45, 7) is 4.45. The summed E-state index contributed by atoms with van der Waals surface area (Å²) in [5.41, 5.74) is 0.221. The highest BCUT2D eigenvalue weighted by Crippen LogP contribution is 2.44. The lowest BCUT2D eigenvalue weighted by atomic mass is 9.96. The lowest BCUT2D eigenvalue weighted by Gasteiger charge is -2.21. The van der Waals surface area contributed by atoms with Crippen molar-refractivity contribution in [1.82, 2.24) is 9.55 Å². The molecule has 2 aromatic heterocycles. The molecule has 36 heavy (non-hydrogen) atoms. The number of hydrogen-bond donors (Lipinski definition) is 1. The molecule has 1 aromatic carbocycles. The van der Waals surface area contributed by atoms with Gasteiger partial charge in [-0.15, -0.1) is 0 Å². The fourth-order valence-corrected chi connectivity index (χ4v) is 4.45. The van der Waals surface area contributed by atoms with Crippen LogP contribution in [0.4, 0.5) is 5.69 Å². The quantitative estimate of drug-likeness (QED) is 0.144. The monoisotopic (exact) mass is 494 g/mol. The molecule has 3 aromatic rings. The first kappa shape index (κ1) is 23.6. The molecule has 0 saturated carbocycles. The van der Waals surface area contributed by atoms with Crippen LogP contribution in [0.15, 0.2) is 34.2 Å². The number of ether oxygens (including phenoxy) is 2. The molecule has 3 aliphatic heterocycles. The molecule has 1 N–H and O–H groups in total. The summed E-state index contributed by atoms with van der Waals surface area (Å²) in [6.07, 6.45) is -0.424. The number of epoxide rings is 1. The number of carbonyl (C=O) groups is 1. The SMILES string of the molecule is CC.O=C1OCc2c(c([N+](=O)[O-])c3n(c2=O)Cc2c-3nc3ccccc3c2/C=N/OCC2CO2)C1O. The van der Waals surface area contributed by atoms with Crippen LogP contribution in [-0.4, -0.2) is 51.1 Å². The molecule has 2 atom stereocenters.